The van der Waals surface area contributed by atoms with E-state index in [0.717, 1.165) is 5.69 Å². The Balaban J connectivity index is 1.92. The highest BCUT2D eigenvalue weighted by molar-refractivity contribution is 6.34. The van der Waals surface area contributed by atoms with Crippen LogP contribution in [-0.2, 0) is 11.3 Å². The second-order valence-corrected chi connectivity index (χ2v) is 5.22. The van der Waals surface area contributed by atoms with Crippen LogP contribution in [0.3, 0.4) is 0 Å². The summed E-state index contributed by atoms with van der Waals surface area (Å²) in [6.07, 6.45) is 0.984. The summed E-state index contributed by atoms with van der Waals surface area (Å²) >= 11 is 11.9. The predicted molar refractivity (Wildman–Crippen MR) is 82.6 cm³/mol. The van der Waals surface area contributed by atoms with Gasteiger partial charge in [-0.1, -0.05) is 29.3 Å². The maximum atomic E-state index is 12.0. The molecule has 21 heavy (non-hydrogen) atoms. The molecule has 0 bridgehead atoms. The summed E-state index contributed by atoms with van der Waals surface area (Å²) in [6, 6.07) is 10.4. The molecule has 2 rings (SSSR count). The molecule has 0 aliphatic carbocycles. The monoisotopic (exact) mass is 324 g/mol. The third-order valence-electron chi connectivity index (χ3n) is 2.74. The third kappa shape index (κ3) is 4.62. The van der Waals surface area contributed by atoms with Crippen LogP contribution in [0.15, 0.2) is 42.6 Å². The summed E-state index contributed by atoms with van der Waals surface area (Å²) in [6.45, 7) is 1.99. The molecular formula is C15H14Cl2N2O2. The number of hydrogen-bond donors (Lipinski definition) is 1. The summed E-state index contributed by atoms with van der Waals surface area (Å²) < 4.78 is 5.53. The van der Waals surface area contributed by atoms with Gasteiger partial charge in [0.1, 0.15) is 5.75 Å². The number of carbonyl (C=O) groups excluding carboxylic acids is 1. The average molecular weight is 325 g/mol. The van der Waals surface area contributed by atoms with E-state index in [1.807, 2.05) is 18.2 Å². The minimum Gasteiger partial charge on any atom is -0.479 e. The van der Waals surface area contributed by atoms with E-state index in [1.165, 1.54) is 0 Å². The quantitative estimate of drug-likeness (QED) is 0.916. The van der Waals surface area contributed by atoms with E-state index in [9.17, 15) is 4.79 Å². The Labute approximate surface area is 133 Å². The Hall–Kier alpha value is -1.78. The van der Waals surface area contributed by atoms with Crippen molar-refractivity contribution in [3.8, 4) is 5.75 Å². The van der Waals surface area contributed by atoms with Crippen molar-refractivity contribution in [3.05, 3.63) is 58.3 Å². The van der Waals surface area contributed by atoms with Crippen molar-refractivity contribution >= 4 is 29.1 Å². The molecule has 1 aromatic heterocycles. The molecule has 1 amide bonds. The maximum absolute atomic E-state index is 12.0. The largest absolute Gasteiger partial charge is 0.479 e. The van der Waals surface area contributed by atoms with E-state index in [1.54, 1.807) is 31.3 Å². The van der Waals surface area contributed by atoms with E-state index < -0.39 is 6.10 Å². The zero-order valence-electron chi connectivity index (χ0n) is 11.3. The van der Waals surface area contributed by atoms with Crippen LogP contribution in [0.1, 0.15) is 12.6 Å². The minimum absolute atomic E-state index is 0.253. The topological polar surface area (TPSA) is 51.2 Å². The van der Waals surface area contributed by atoms with Gasteiger partial charge < -0.3 is 10.1 Å². The molecular weight excluding hydrogens is 311 g/mol. The Kier molecular flexibility index (Phi) is 5.42. The molecule has 4 nitrogen and oxygen atoms in total. The Bertz CT molecular complexity index is 620. The molecule has 1 N–H and O–H groups in total. The Morgan fingerprint density at radius 2 is 2.14 bits per heavy atom. The standard InChI is InChI=1S/C15H14Cl2N2O2/c1-10(21-14-8-11(16)5-6-13(14)17)15(20)19-9-12-4-2-3-7-18-12/h2-8,10H,9H2,1H3,(H,19,20)/t10-/m1/s1. The fourth-order valence-corrected chi connectivity index (χ4v) is 1.96. The number of aromatic nitrogens is 1. The van der Waals surface area contributed by atoms with Gasteiger partial charge in [-0.15, -0.1) is 0 Å². The van der Waals surface area contributed by atoms with Crippen LogP contribution < -0.4 is 10.1 Å². The van der Waals surface area contributed by atoms with Crippen molar-refractivity contribution in [1.29, 1.82) is 0 Å². The number of carbonyl (C=O) groups is 1. The molecule has 0 unspecified atom stereocenters. The van der Waals surface area contributed by atoms with Gasteiger partial charge in [0, 0.05) is 17.3 Å². The molecule has 0 saturated heterocycles. The second-order valence-electron chi connectivity index (χ2n) is 4.37. The molecule has 0 radical (unpaired) electrons. The van der Waals surface area contributed by atoms with E-state index in [0.29, 0.717) is 22.3 Å². The zero-order valence-corrected chi connectivity index (χ0v) is 12.9. The van der Waals surface area contributed by atoms with E-state index in [2.05, 4.69) is 10.3 Å². The van der Waals surface area contributed by atoms with Crippen molar-refractivity contribution in [1.82, 2.24) is 10.3 Å². The first-order valence-electron chi connectivity index (χ1n) is 6.35. The molecule has 0 saturated carbocycles. The smallest absolute Gasteiger partial charge is 0.261 e. The molecule has 110 valence electrons. The normalized spacial score (nSPS) is 11.8. The molecule has 1 atom stereocenters. The van der Waals surface area contributed by atoms with Gasteiger partial charge >= 0.3 is 0 Å². The van der Waals surface area contributed by atoms with Gasteiger partial charge in [-0.25, -0.2) is 0 Å². The van der Waals surface area contributed by atoms with Crippen LogP contribution in [0.2, 0.25) is 10.0 Å². The lowest BCUT2D eigenvalue weighted by molar-refractivity contribution is -0.127. The number of nitrogens with zero attached hydrogens (tertiary/aromatic N) is 1. The molecule has 6 heteroatoms. The number of rotatable bonds is 5. The van der Waals surface area contributed by atoms with Crippen LogP contribution in [0.5, 0.6) is 5.75 Å². The number of halogens is 2. The van der Waals surface area contributed by atoms with Crippen LogP contribution in [0.25, 0.3) is 0 Å². The third-order valence-corrected chi connectivity index (χ3v) is 3.28. The highest BCUT2D eigenvalue weighted by atomic mass is 35.5. The van der Waals surface area contributed by atoms with Gasteiger partial charge in [0.25, 0.3) is 5.91 Å². The van der Waals surface area contributed by atoms with Crippen molar-refractivity contribution in [3.63, 3.8) is 0 Å². The van der Waals surface area contributed by atoms with Gasteiger partial charge in [-0.05, 0) is 31.2 Å². The lowest BCUT2D eigenvalue weighted by Crippen LogP contribution is -2.36. The lowest BCUT2D eigenvalue weighted by atomic mass is 10.3. The first-order valence-corrected chi connectivity index (χ1v) is 7.11. The molecule has 0 spiro atoms. The summed E-state index contributed by atoms with van der Waals surface area (Å²) in [5.74, 6) is 0.126. The van der Waals surface area contributed by atoms with Crippen LogP contribution >= 0.6 is 23.2 Å². The fourth-order valence-electron chi connectivity index (χ4n) is 1.64. The zero-order chi connectivity index (χ0) is 15.2. The second kappa shape index (κ2) is 7.29. The SMILES string of the molecule is C[C@@H](Oc1cc(Cl)ccc1Cl)C(=O)NCc1ccccn1. The summed E-state index contributed by atoms with van der Waals surface area (Å²) in [7, 11) is 0. The van der Waals surface area contributed by atoms with Crippen molar-refractivity contribution in [2.45, 2.75) is 19.6 Å². The average Bonchev–Trinajstić information content (AvgIpc) is 2.49. The van der Waals surface area contributed by atoms with Crippen molar-refractivity contribution < 1.29 is 9.53 Å². The van der Waals surface area contributed by atoms with Gasteiger partial charge in [-0.2, -0.15) is 0 Å². The number of pyridine rings is 1. The number of amides is 1. The van der Waals surface area contributed by atoms with Crippen molar-refractivity contribution in [2.24, 2.45) is 0 Å². The van der Waals surface area contributed by atoms with Gasteiger partial charge in [-0.3, -0.25) is 9.78 Å². The van der Waals surface area contributed by atoms with E-state index in [-0.39, 0.29) is 5.91 Å². The van der Waals surface area contributed by atoms with Crippen LogP contribution in [0.4, 0.5) is 0 Å². The molecule has 1 heterocycles. The number of benzene rings is 1. The first kappa shape index (κ1) is 15.6. The van der Waals surface area contributed by atoms with Crippen molar-refractivity contribution in [2.75, 3.05) is 0 Å². The van der Waals surface area contributed by atoms with Gasteiger partial charge in [0.15, 0.2) is 6.10 Å². The Morgan fingerprint density at radius 1 is 1.33 bits per heavy atom. The highest BCUT2D eigenvalue weighted by Crippen LogP contribution is 2.28. The predicted octanol–water partition coefficient (Wildman–Crippen LogP) is 3.47. The van der Waals surface area contributed by atoms with Gasteiger partial charge in [0.05, 0.1) is 17.3 Å². The molecule has 1 aromatic carbocycles. The molecule has 0 fully saturated rings. The van der Waals surface area contributed by atoms with Crippen LogP contribution in [-0.4, -0.2) is 17.0 Å². The molecule has 2 aromatic rings. The summed E-state index contributed by atoms with van der Waals surface area (Å²) in [4.78, 5) is 16.1. The number of ether oxygens (including phenoxy) is 1. The van der Waals surface area contributed by atoms with Crippen LogP contribution in [0, 0.1) is 0 Å². The minimum atomic E-state index is -0.690. The van der Waals surface area contributed by atoms with Gasteiger partial charge in [0.2, 0.25) is 0 Å². The first-order chi connectivity index (χ1) is 10.1. The van der Waals surface area contributed by atoms with E-state index in [4.69, 9.17) is 27.9 Å². The maximum Gasteiger partial charge on any atom is 0.261 e. The molecule has 0 aliphatic heterocycles. The number of hydrogen-bond acceptors (Lipinski definition) is 3. The highest BCUT2D eigenvalue weighted by Gasteiger charge is 2.16. The summed E-state index contributed by atoms with van der Waals surface area (Å²) in [5, 5.41) is 3.65. The summed E-state index contributed by atoms with van der Waals surface area (Å²) in [5.41, 5.74) is 0.777. The fraction of sp³-hybridized carbons (Fsp3) is 0.200. The number of nitrogens with one attached hydrogen (secondary N) is 1. The van der Waals surface area contributed by atoms with E-state index >= 15 is 0 Å². The lowest BCUT2D eigenvalue weighted by Gasteiger charge is -2.15. The molecule has 0 aliphatic rings. The Morgan fingerprint density at radius 3 is 2.86 bits per heavy atom.